The van der Waals surface area contributed by atoms with Crippen molar-refractivity contribution >= 4 is 25.8 Å². The molecule has 0 rings (SSSR count). The molecule has 0 aliphatic carbocycles. The van der Waals surface area contributed by atoms with Crippen molar-refractivity contribution in [1.82, 2.24) is 0 Å². The van der Waals surface area contributed by atoms with E-state index in [1.54, 1.807) is 13.3 Å². The second-order valence-electron chi connectivity index (χ2n) is 4.15. The first kappa shape index (κ1) is 18.5. The molecule has 2 nitrogen and oxygen atoms in total. The van der Waals surface area contributed by atoms with Crippen LogP contribution in [0.2, 0.25) is 13.3 Å². The first-order valence-corrected chi connectivity index (χ1v) is 12.7. The molecule has 0 atom stereocenters. The van der Waals surface area contributed by atoms with E-state index in [-0.39, 0.29) is 0 Å². The molecule has 0 aliphatic rings. The molecule has 3 heteroatoms. The number of unbranched alkanes of at least 4 members (excludes halogenated alkanes) is 3. The maximum Gasteiger partial charge on any atom is -0.0159 e. The minimum absolute atomic E-state index is 0.500. The summed E-state index contributed by atoms with van der Waals surface area (Å²) in [7, 11) is 0. The topological polar surface area (TPSA) is 39.4 Å². The molecule has 0 aromatic carbocycles. The van der Waals surface area contributed by atoms with Gasteiger partial charge in [0.1, 0.15) is 0 Å². The Balaban J connectivity index is 0. The van der Waals surface area contributed by atoms with Gasteiger partial charge in [-0.05, 0) is 6.08 Å². The van der Waals surface area contributed by atoms with Gasteiger partial charge in [-0.15, -0.1) is 0 Å². The van der Waals surface area contributed by atoms with Crippen molar-refractivity contribution in [3.8, 4) is 0 Å². The minimum atomic E-state index is -0.839. The van der Waals surface area contributed by atoms with E-state index in [1.165, 1.54) is 38.5 Å². The summed E-state index contributed by atoms with van der Waals surface area (Å²) in [6.07, 6.45) is 9.35. The number of rotatable bonds is 9. The van der Waals surface area contributed by atoms with E-state index in [0.717, 1.165) is 0 Å². The smallest absolute Gasteiger partial charge is 0.0159 e. The van der Waals surface area contributed by atoms with Crippen molar-refractivity contribution in [3.63, 3.8) is 0 Å². The van der Waals surface area contributed by atoms with Gasteiger partial charge in [0.25, 0.3) is 0 Å². The summed E-state index contributed by atoms with van der Waals surface area (Å²) in [5, 5.41) is 6.76. The van der Waals surface area contributed by atoms with E-state index in [1.807, 2.05) is 0 Å². The summed E-state index contributed by atoms with van der Waals surface area (Å²) in [4.78, 5) is 8.24. The number of carbonyl (C=O) groups excluding carboxylic acids is 1. The van der Waals surface area contributed by atoms with Crippen molar-refractivity contribution in [2.45, 2.75) is 72.6 Å². The Kier molecular flexibility index (Phi) is 20.4. The molecule has 0 aromatic heterocycles. The zero-order valence-electron chi connectivity index (χ0n) is 11.2. The fraction of sp³-hybridized carbons (Fsp3) is 0.923. The van der Waals surface area contributed by atoms with E-state index in [0.29, 0.717) is 6.08 Å². The number of hydrogen-bond donors (Lipinski definition) is 0. The molecule has 0 aliphatic heterocycles. The third kappa shape index (κ3) is 16.6. The standard InChI is InChI=1S/3C4H9.CNO.Sn/c3*1-3-4-2;2-1-3;/h3*1,3-4H2,2H3;;/q;;;-1;. The number of isocyanates is 1. The molecule has 0 aromatic rings. The van der Waals surface area contributed by atoms with Crippen LogP contribution in [0.3, 0.4) is 0 Å². The monoisotopic (exact) mass is 333 g/mol. The summed E-state index contributed by atoms with van der Waals surface area (Å²) in [5.41, 5.74) is 0. The van der Waals surface area contributed by atoms with Crippen LogP contribution in [-0.2, 0) is 4.79 Å². The fourth-order valence-electron chi connectivity index (χ4n) is 1.66. The van der Waals surface area contributed by atoms with Crippen molar-refractivity contribution in [2.24, 2.45) is 0 Å². The zero-order chi connectivity index (χ0) is 12.6. The molecule has 0 saturated heterocycles. The van der Waals surface area contributed by atoms with Crippen LogP contribution in [0, 0.1) is 0 Å². The van der Waals surface area contributed by atoms with Crippen molar-refractivity contribution in [1.29, 1.82) is 0 Å². The summed E-state index contributed by atoms with van der Waals surface area (Å²) in [5.74, 6) is 0. The summed E-state index contributed by atoms with van der Waals surface area (Å²) in [6.45, 7) is 7.00. The van der Waals surface area contributed by atoms with E-state index in [2.05, 4.69) is 20.8 Å². The SMILES string of the molecule is CCC[CH2][Sn]([CH2]CCC)[CH2]CCC.[N-]=C=O. The predicted molar refractivity (Wildman–Crippen MR) is 74.0 cm³/mol. The summed E-state index contributed by atoms with van der Waals surface area (Å²) in [6, 6.07) is 0. The van der Waals surface area contributed by atoms with E-state index in [4.69, 9.17) is 10.2 Å². The van der Waals surface area contributed by atoms with Gasteiger partial charge in [-0.3, -0.25) is 4.79 Å². The van der Waals surface area contributed by atoms with E-state index in [9.17, 15) is 0 Å². The molecule has 16 heavy (non-hydrogen) atoms. The van der Waals surface area contributed by atoms with Gasteiger partial charge >= 0.3 is 92.4 Å². The third-order valence-electron chi connectivity index (χ3n) is 2.65. The third-order valence-corrected chi connectivity index (χ3v) is 11.7. The summed E-state index contributed by atoms with van der Waals surface area (Å²) < 4.78 is 5.04. The molecular weight excluding hydrogens is 305 g/mol. The fourth-order valence-corrected chi connectivity index (χ4v) is 11.1. The van der Waals surface area contributed by atoms with Gasteiger partial charge in [-0.1, -0.05) is 0 Å². The average Bonchev–Trinajstić information content (AvgIpc) is 2.29. The molecule has 0 heterocycles. The number of hydrogen-bond acceptors (Lipinski definition) is 1. The summed E-state index contributed by atoms with van der Waals surface area (Å²) >= 11 is -0.839. The van der Waals surface area contributed by atoms with Gasteiger partial charge in [-0.25, -0.2) is 0 Å². The number of nitrogens with zero attached hydrogens (tertiary/aromatic N) is 1. The zero-order valence-corrected chi connectivity index (χ0v) is 14.1. The second kappa shape index (κ2) is 17.6. The first-order chi connectivity index (χ1) is 7.76. The quantitative estimate of drug-likeness (QED) is 0.340. The van der Waals surface area contributed by atoms with E-state index >= 15 is 0 Å². The van der Waals surface area contributed by atoms with Crippen LogP contribution >= 0.6 is 0 Å². The van der Waals surface area contributed by atoms with Gasteiger partial charge in [0.15, 0.2) is 0 Å². The van der Waals surface area contributed by atoms with Gasteiger partial charge in [-0.2, -0.15) is 0 Å². The van der Waals surface area contributed by atoms with Crippen molar-refractivity contribution < 1.29 is 4.79 Å². The van der Waals surface area contributed by atoms with Gasteiger partial charge in [0, 0.05) is 0 Å². The van der Waals surface area contributed by atoms with Crippen molar-refractivity contribution in [3.05, 3.63) is 5.41 Å². The molecule has 0 saturated carbocycles. The molecule has 1 radical (unpaired) electrons. The molecule has 0 spiro atoms. The Morgan fingerprint density at radius 1 is 0.875 bits per heavy atom. The minimum Gasteiger partial charge on any atom is -0.724 e. The maximum absolute atomic E-state index is 8.24. The van der Waals surface area contributed by atoms with Crippen LogP contribution in [0.15, 0.2) is 0 Å². The maximum atomic E-state index is 8.24. The van der Waals surface area contributed by atoms with Crippen LogP contribution in [0.25, 0.3) is 5.41 Å². The molecule has 95 valence electrons. The predicted octanol–water partition coefficient (Wildman–Crippen LogP) is 4.77. The molecular formula is C13H27NOSn-. The Hall–Kier alpha value is 0.179. The Bertz CT molecular complexity index is 137. The normalized spacial score (nSPS) is 9.50. The van der Waals surface area contributed by atoms with Gasteiger partial charge in [0.05, 0.1) is 0 Å². The van der Waals surface area contributed by atoms with Crippen LogP contribution in [0.5, 0.6) is 0 Å². The van der Waals surface area contributed by atoms with Crippen molar-refractivity contribution in [2.75, 3.05) is 0 Å². The molecule has 0 amide bonds. The van der Waals surface area contributed by atoms with Gasteiger partial charge in [0.2, 0.25) is 0 Å². The van der Waals surface area contributed by atoms with Gasteiger partial charge < -0.3 is 5.41 Å². The Labute approximate surface area is 108 Å². The Morgan fingerprint density at radius 2 is 1.12 bits per heavy atom. The van der Waals surface area contributed by atoms with Crippen LogP contribution in [0.4, 0.5) is 0 Å². The molecule has 0 unspecified atom stereocenters. The second-order valence-corrected chi connectivity index (χ2v) is 12.7. The van der Waals surface area contributed by atoms with Crippen LogP contribution < -0.4 is 0 Å². The largest absolute Gasteiger partial charge is 0.724 e. The molecule has 0 bridgehead atoms. The first-order valence-electron chi connectivity index (χ1n) is 6.61. The van der Waals surface area contributed by atoms with E-state index < -0.39 is 19.8 Å². The molecule has 0 N–H and O–H groups in total. The Morgan fingerprint density at radius 3 is 1.31 bits per heavy atom. The average molecular weight is 332 g/mol. The molecule has 0 fully saturated rings. The van der Waals surface area contributed by atoms with Crippen LogP contribution in [-0.4, -0.2) is 25.8 Å². The van der Waals surface area contributed by atoms with Crippen LogP contribution in [0.1, 0.15) is 59.3 Å².